The summed E-state index contributed by atoms with van der Waals surface area (Å²) in [4.78, 5) is 24.6. The first-order valence-electron chi connectivity index (χ1n) is 5.41. The van der Waals surface area contributed by atoms with Gasteiger partial charge in [0.2, 0.25) is 5.91 Å². The van der Waals surface area contributed by atoms with Gasteiger partial charge in [0.25, 0.3) is 0 Å². The van der Waals surface area contributed by atoms with Crippen molar-refractivity contribution >= 4 is 11.7 Å². The Morgan fingerprint density at radius 2 is 1.64 bits per heavy atom. The first-order chi connectivity index (χ1) is 6.59. The summed E-state index contributed by atoms with van der Waals surface area (Å²) in [5.41, 5.74) is -0.0801. The SMILES string of the molecule is CCC(CC)(CC)N1CC(=O)CC1=O. The van der Waals surface area contributed by atoms with E-state index >= 15 is 0 Å². The van der Waals surface area contributed by atoms with Gasteiger partial charge in [-0.25, -0.2) is 0 Å². The fourth-order valence-electron chi connectivity index (χ4n) is 2.34. The molecular weight excluding hydrogens is 178 g/mol. The molecule has 0 saturated carbocycles. The molecule has 1 amide bonds. The van der Waals surface area contributed by atoms with E-state index in [1.807, 2.05) is 0 Å². The van der Waals surface area contributed by atoms with Crippen molar-refractivity contribution in [1.82, 2.24) is 4.90 Å². The molecule has 0 aromatic heterocycles. The van der Waals surface area contributed by atoms with Crippen LogP contribution in [0.1, 0.15) is 46.5 Å². The maximum atomic E-state index is 11.6. The van der Waals surface area contributed by atoms with Gasteiger partial charge in [0, 0.05) is 5.54 Å². The van der Waals surface area contributed by atoms with Crippen LogP contribution < -0.4 is 0 Å². The molecule has 0 N–H and O–H groups in total. The minimum atomic E-state index is -0.0801. The lowest BCUT2D eigenvalue weighted by Gasteiger charge is -2.39. The van der Waals surface area contributed by atoms with Crippen molar-refractivity contribution < 1.29 is 9.59 Å². The number of likely N-dealkylation sites (tertiary alicyclic amines) is 1. The lowest BCUT2D eigenvalue weighted by atomic mass is 9.88. The molecule has 0 spiro atoms. The van der Waals surface area contributed by atoms with Crippen LogP contribution in [0.3, 0.4) is 0 Å². The van der Waals surface area contributed by atoms with Crippen molar-refractivity contribution in [2.45, 2.75) is 52.0 Å². The number of ketones is 1. The minimum Gasteiger partial charge on any atom is -0.329 e. The van der Waals surface area contributed by atoms with Crippen LogP contribution in [0, 0.1) is 0 Å². The predicted molar refractivity (Wildman–Crippen MR) is 54.9 cm³/mol. The summed E-state index contributed by atoms with van der Waals surface area (Å²) in [5.74, 6) is 0.0790. The van der Waals surface area contributed by atoms with Gasteiger partial charge in [0.05, 0.1) is 13.0 Å². The van der Waals surface area contributed by atoms with E-state index in [2.05, 4.69) is 20.8 Å². The molecule has 80 valence electrons. The maximum Gasteiger partial charge on any atom is 0.230 e. The Labute approximate surface area is 85.5 Å². The summed E-state index contributed by atoms with van der Waals surface area (Å²) in [5, 5.41) is 0. The molecule has 0 atom stereocenters. The minimum absolute atomic E-state index is 0.0144. The maximum absolute atomic E-state index is 11.6. The molecule has 0 aromatic carbocycles. The number of amides is 1. The Morgan fingerprint density at radius 3 is 1.93 bits per heavy atom. The zero-order chi connectivity index (χ0) is 10.8. The molecule has 1 heterocycles. The molecule has 14 heavy (non-hydrogen) atoms. The third-order valence-electron chi connectivity index (χ3n) is 3.53. The first-order valence-corrected chi connectivity index (χ1v) is 5.41. The van der Waals surface area contributed by atoms with Gasteiger partial charge in [-0.1, -0.05) is 20.8 Å². The van der Waals surface area contributed by atoms with E-state index in [1.54, 1.807) is 4.90 Å². The Balaban J connectivity index is 2.88. The summed E-state index contributed by atoms with van der Waals surface area (Å²) in [6.07, 6.45) is 2.90. The summed E-state index contributed by atoms with van der Waals surface area (Å²) in [6, 6.07) is 0. The zero-order valence-corrected chi connectivity index (χ0v) is 9.30. The van der Waals surface area contributed by atoms with E-state index in [4.69, 9.17) is 0 Å². The molecule has 1 fully saturated rings. The Hall–Kier alpha value is -0.860. The van der Waals surface area contributed by atoms with Crippen molar-refractivity contribution in [3.8, 4) is 0 Å². The molecule has 0 aliphatic carbocycles. The van der Waals surface area contributed by atoms with Crippen molar-refractivity contribution in [2.75, 3.05) is 6.54 Å². The molecular formula is C11H19NO2. The molecule has 3 heteroatoms. The van der Waals surface area contributed by atoms with Crippen LogP contribution in [0.2, 0.25) is 0 Å². The Bertz CT molecular complexity index is 235. The lowest BCUT2D eigenvalue weighted by Crippen LogP contribution is -2.48. The van der Waals surface area contributed by atoms with Gasteiger partial charge in [0.15, 0.2) is 5.78 Å². The number of Topliss-reactive ketones (excluding diaryl/α,β-unsaturated/α-hetero) is 1. The molecule has 0 bridgehead atoms. The van der Waals surface area contributed by atoms with Crippen LogP contribution >= 0.6 is 0 Å². The predicted octanol–water partition coefficient (Wildman–Crippen LogP) is 1.76. The number of rotatable bonds is 4. The van der Waals surface area contributed by atoms with Gasteiger partial charge in [-0.3, -0.25) is 9.59 Å². The van der Waals surface area contributed by atoms with Crippen molar-refractivity contribution in [3.63, 3.8) is 0 Å². The molecule has 1 aliphatic rings. The van der Waals surface area contributed by atoms with Gasteiger partial charge in [-0.05, 0) is 19.3 Å². The molecule has 1 aliphatic heterocycles. The highest BCUT2D eigenvalue weighted by molar-refractivity contribution is 6.05. The molecule has 3 nitrogen and oxygen atoms in total. The Kier molecular flexibility index (Phi) is 3.29. The largest absolute Gasteiger partial charge is 0.329 e. The quantitative estimate of drug-likeness (QED) is 0.644. The monoisotopic (exact) mass is 197 g/mol. The zero-order valence-electron chi connectivity index (χ0n) is 9.30. The molecule has 0 unspecified atom stereocenters. The lowest BCUT2D eigenvalue weighted by molar-refractivity contribution is -0.133. The number of carbonyl (C=O) groups excluding carboxylic acids is 2. The van der Waals surface area contributed by atoms with Crippen molar-refractivity contribution in [2.24, 2.45) is 0 Å². The van der Waals surface area contributed by atoms with Crippen LogP contribution in [0.25, 0.3) is 0 Å². The molecule has 0 aromatic rings. The molecule has 0 radical (unpaired) electrons. The van der Waals surface area contributed by atoms with E-state index < -0.39 is 0 Å². The Morgan fingerprint density at radius 1 is 1.14 bits per heavy atom. The number of hydrogen-bond donors (Lipinski definition) is 0. The van der Waals surface area contributed by atoms with E-state index in [9.17, 15) is 9.59 Å². The first kappa shape index (κ1) is 11.2. The van der Waals surface area contributed by atoms with Gasteiger partial charge in [0.1, 0.15) is 0 Å². The average Bonchev–Trinajstić information content (AvgIpc) is 2.51. The van der Waals surface area contributed by atoms with Crippen molar-refractivity contribution in [1.29, 1.82) is 0 Å². The van der Waals surface area contributed by atoms with E-state index in [0.717, 1.165) is 19.3 Å². The standard InChI is InChI=1S/C11H19NO2/c1-4-11(5-2,6-3)12-8-9(13)7-10(12)14/h4-8H2,1-3H3. The normalized spacial score (nSPS) is 18.1. The summed E-state index contributed by atoms with van der Waals surface area (Å²) in [6.45, 7) is 6.59. The fourth-order valence-corrected chi connectivity index (χ4v) is 2.34. The summed E-state index contributed by atoms with van der Waals surface area (Å²) in [7, 11) is 0. The second-order valence-electron chi connectivity index (χ2n) is 3.98. The van der Waals surface area contributed by atoms with E-state index in [1.165, 1.54) is 0 Å². The second-order valence-corrected chi connectivity index (χ2v) is 3.98. The highest BCUT2D eigenvalue weighted by Crippen LogP contribution is 2.30. The number of nitrogens with zero attached hydrogens (tertiary/aromatic N) is 1. The van der Waals surface area contributed by atoms with Gasteiger partial charge in [-0.15, -0.1) is 0 Å². The van der Waals surface area contributed by atoms with Crippen molar-refractivity contribution in [3.05, 3.63) is 0 Å². The third-order valence-corrected chi connectivity index (χ3v) is 3.53. The highest BCUT2D eigenvalue weighted by Gasteiger charge is 2.40. The van der Waals surface area contributed by atoms with Crippen LogP contribution in [0.15, 0.2) is 0 Å². The van der Waals surface area contributed by atoms with Crippen LogP contribution in [0.4, 0.5) is 0 Å². The topological polar surface area (TPSA) is 37.4 Å². The molecule has 1 saturated heterocycles. The third kappa shape index (κ3) is 1.68. The second kappa shape index (κ2) is 4.11. The summed E-state index contributed by atoms with van der Waals surface area (Å²) < 4.78 is 0. The van der Waals surface area contributed by atoms with Crippen LogP contribution in [-0.2, 0) is 9.59 Å². The highest BCUT2D eigenvalue weighted by atomic mass is 16.2. The van der Waals surface area contributed by atoms with Gasteiger partial charge >= 0.3 is 0 Å². The average molecular weight is 197 g/mol. The fraction of sp³-hybridized carbons (Fsp3) is 0.818. The van der Waals surface area contributed by atoms with E-state index in [-0.39, 0.29) is 23.7 Å². The smallest absolute Gasteiger partial charge is 0.230 e. The van der Waals surface area contributed by atoms with Gasteiger partial charge in [-0.2, -0.15) is 0 Å². The number of carbonyl (C=O) groups is 2. The van der Waals surface area contributed by atoms with E-state index in [0.29, 0.717) is 6.54 Å². The van der Waals surface area contributed by atoms with Gasteiger partial charge < -0.3 is 4.90 Å². The van der Waals surface area contributed by atoms with Crippen LogP contribution in [-0.4, -0.2) is 28.7 Å². The van der Waals surface area contributed by atoms with Crippen LogP contribution in [0.5, 0.6) is 0 Å². The molecule has 1 rings (SSSR count). The number of hydrogen-bond acceptors (Lipinski definition) is 2. The summed E-state index contributed by atoms with van der Waals surface area (Å²) >= 11 is 0.